The van der Waals surface area contributed by atoms with Gasteiger partial charge in [0.25, 0.3) is 5.56 Å². The van der Waals surface area contributed by atoms with E-state index >= 15 is 0 Å². The maximum Gasteiger partial charge on any atom is 0.410 e. The summed E-state index contributed by atoms with van der Waals surface area (Å²) in [6, 6.07) is 1.53. The SMILES string of the molecule is CCOC(=O)c1ncn2c(C3CCN(C(=O)OC(C)(C)C)CC3)cc(=O)[nH]c12. The van der Waals surface area contributed by atoms with Gasteiger partial charge in [-0.15, -0.1) is 0 Å². The number of ether oxygens (including phenoxy) is 2. The number of esters is 1. The van der Waals surface area contributed by atoms with E-state index in [9.17, 15) is 14.4 Å². The predicted molar refractivity (Wildman–Crippen MR) is 102 cm³/mol. The minimum Gasteiger partial charge on any atom is -0.461 e. The number of aromatic nitrogens is 3. The van der Waals surface area contributed by atoms with Crippen LogP contribution in [0.25, 0.3) is 5.65 Å². The number of amides is 1. The van der Waals surface area contributed by atoms with Crippen LogP contribution in [0.4, 0.5) is 4.79 Å². The molecule has 2 aromatic heterocycles. The van der Waals surface area contributed by atoms with Gasteiger partial charge in [-0.05, 0) is 40.5 Å². The Balaban J connectivity index is 1.81. The Hall–Kier alpha value is -2.84. The molecule has 1 aliphatic rings. The van der Waals surface area contributed by atoms with Crippen molar-refractivity contribution in [3.63, 3.8) is 0 Å². The zero-order valence-corrected chi connectivity index (χ0v) is 16.7. The van der Waals surface area contributed by atoms with Gasteiger partial charge in [0.1, 0.15) is 11.9 Å². The highest BCUT2D eigenvalue weighted by Crippen LogP contribution is 2.28. The van der Waals surface area contributed by atoms with Gasteiger partial charge in [-0.3, -0.25) is 9.20 Å². The van der Waals surface area contributed by atoms with E-state index in [0.29, 0.717) is 31.6 Å². The van der Waals surface area contributed by atoms with Crippen LogP contribution in [0.5, 0.6) is 0 Å². The molecule has 1 aliphatic heterocycles. The standard InChI is InChI=1S/C19H26N4O5/c1-5-27-17(25)15-16-21-14(24)10-13(23(16)11-20-15)12-6-8-22(9-7-12)18(26)28-19(2,3)4/h10-12H,5-9H2,1-4H3,(H,21,24). The average Bonchev–Trinajstić information content (AvgIpc) is 3.03. The van der Waals surface area contributed by atoms with E-state index in [0.717, 1.165) is 5.69 Å². The summed E-state index contributed by atoms with van der Waals surface area (Å²) in [6.45, 7) is 8.52. The Labute approximate surface area is 162 Å². The van der Waals surface area contributed by atoms with Crippen molar-refractivity contribution in [3.8, 4) is 0 Å². The summed E-state index contributed by atoms with van der Waals surface area (Å²) >= 11 is 0. The first-order valence-corrected chi connectivity index (χ1v) is 9.45. The molecule has 9 nitrogen and oxygen atoms in total. The number of aromatic amines is 1. The van der Waals surface area contributed by atoms with Gasteiger partial charge < -0.3 is 19.4 Å². The zero-order valence-electron chi connectivity index (χ0n) is 16.7. The molecule has 28 heavy (non-hydrogen) atoms. The summed E-state index contributed by atoms with van der Waals surface area (Å²) in [5.41, 5.74) is 0.351. The number of H-pyrrole nitrogens is 1. The van der Waals surface area contributed by atoms with Gasteiger partial charge in [-0.1, -0.05) is 0 Å². The molecule has 9 heteroatoms. The lowest BCUT2D eigenvalue weighted by atomic mass is 9.93. The van der Waals surface area contributed by atoms with Gasteiger partial charge in [0.15, 0.2) is 11.3 Å². The molecule has 1 amide bonds. The van der Waals surface area contributed by atoms with Crippen LogP contribution in [-0.2, 0) is 9.47 Å². The maximum absolute atomic E-state index is 12.2. The van der Waals surface area contributed by atoms with Crippen LogP contribution in [0.15, 0.2) is 17.2 Å². The molecule has 0 atom stereocenters. The molecular weight excluding hydrogens is 364 g/mol. The summed E-state index contributed by atoms with van der Waals surface area (Å²) in [5.74, 6) is -0.509. The van der Waals surface area contributed by atoms with Crippen LogP contribution < -0.4 is 5.56 Å². The fourth-order valence-corrected chi connectivity index (χ4v) is 3.37. The van der Waals surface area contributed by atoms with E-state index < -0.39 is 11.6 Å². The Kier molecular flexibility index (Phi) is 5.44. The monoisotopic (exact) mass is 390 g/mol. The Morgan fingerprint density at radius 2 is 1.96 bits per heavy atom. The number of hydrogen-bond acceptors (Lipinski definition) is 6. The molecular formula is C19H26N4O5. The van der Waals surface area contributed by atoms with Crippen molar-refractivity contribution in [2.45, 2.75) is 52.1 Å². The summed E-state index contributed by atoms with van der Waals surface area (Å²) in [6.07, 6.45) is 2.57. The molecule has 0 radical (unpaired) electrons. The molecule has 3 heterocycles. The van der Waals surface area contributed by atoms with Crippen LogP contribution in [-0.4, -0.2) is 56.6 Å². The highest BCUT2D eigenvalue weighted by Gasteiger charge is 2.29. The van der Waals surface area contributed by atoms with Crippen LogP contribution >= 0.6 is 0 Å². The number of carbonyl (C=O) groups is 2. The number of imidazole rings is 1. The first-order chi connectivity index (χ1) is 13.2. The van der Waals surface area contributed by atoms with E-state index in [4.69, 9.17) is 9.47 Å². The number of carbonyl (C=O) groups excluding carboxylic acids is 2. The highest BCUT2D eigenvalue weighted by atomic mass is 16.6. The number of rotatable bonds is 3. The lowest BCUT2D eigenvalue weighted by Gasteiger charge is -2.33. The second-order valence-electron chi connectivity index (χ2n) is 7.83. The number of hydrogen-bond donors (Lipinski definition) is 1. The summed E-state index contributed by atoms with van der Waals surface area (Å²) < 4.78 is 12.2. The smallest absolute Gasteiger partial charge is 0.410 e. The number of nitrogens with one attached hydrogen (secondary N) is 1. The minimum atomic E-state index is -0.572. The summed E-state index contributed by atoms with van der Waals surface area (Å²) in [4.78, 5) is 45.0. The molecule has 0 aromatic carbocycles. The van der Waals surface area contributed by atoms with Crippen LogP contribution in [0.3, 0.4) is 0 Å². The molecule has 1 saturated heterocycles. The highest BCUT2D eigenvalue weighted by molar-refractivity contribution is 5.93. The summed E-state index contributed by atoms with van der Waals surface area (Å²) in [5, 5.41) is 0. The maximum atomic E-state index is 12.2. The predicted octanol–water partition coefficient (Wildman–Crippen LogP) is 2.31. The largest absolute Gasteiger partial charge is 0.461 e. The third-order valence-electron chi connectivity index (χ3n) is 4.60. The third kappa shape index (κ3) is 4.18. The van der Waals surface area contributed by atoms with E-state index in [1.165, 1.54) is 12.4 Å². The first-order valence-electron chi connectivity index (χ1n) is 9.45. The van der Waals surface area contributed by atoms with Gasteiger partial charge >= 0.3 is 12.1 Å². The molecule has 1 N–H and O–H groups in total. The normalized spacial score (nSPS) is 15.6. The van der Waals surface area contributed by atoms with Crippen molar-refractivity contribution in [2.75, 3.05) is 19.7 Å². The zero-order chi connectivity index (χ0) is 20.5. The number of nitrogens with zero attached hydrogens (tertiary/aromatic N) is 3. The molecule has 0 spiro atoms. The molecule has 0 unspecified atom stereocenters. The van der Waals surface area contributed by atoms with Crippen molar-refractivity contribution in [1.29, 1.82) is 0 Å². The van der Waals surface area contributed by atoms with E-state index in [1.807, 2.05) is 20.8 Å². The molecule has 152 valence electrons. The number of piperidine rings is 1. The first kappa shape index (κ1) is 19.9. The van der Waals surface area contributed by atoms with Crippen molar-refractivity contribution in [2.24, 2.45) is 0 Å². The second-order valence-corrected chi connectivity index (χ2v) is 7.83. The Morgan fingerprint density at radius 3 is 2.57 bits per heavy atom. The number of fused-ring (bicyclic) bond motifs is 1. The van der Waals surface area contributed by atoms with Gasteiger partial charge in [0.05, 0.1) is 6.61 Å². The minimum absolute atomic E-state index is 0.0627. The van der Waals surface area contributed by atoms with Crippen LogP contribution in [0.1, 0.15) is 62.6 Å². The van der Waals surface area contributed by atoms with Crippen molar-refractivity contribution in [3.05, 3.63) is 34.1 Å². The topological polar surface area (TPSA) is 106 Å². The van der Waals surface area contributed by atoms with E-state index in [-0.39, 0.29) is 29.9 Å². The molecule has 0 bridgehead atoms. The third-order valence-corrected chi connectivity index (χ3v) is 4.60. The molecule has 2 aromatic rings. The lowest BCUT2D eigenvalue weighted by molar-refractivity contribution is 0.0203. The molecule has 0 saturated carbocycles. The molecule has 1 fully saturated rings. The molecule has 3 rings (SSSR count). The van der Waals surface area contributed by atoms with Crippen LogP contribution in [0, 0.1) is 0 Å². The Morgan fingerprint density at radius 1 is 1.29 bits per heavy atom. The quantitative estimate of drug-likeness (QED) is 0.806. The fourth-order valence-electron chi connectivity index (χ4n) is 3.37. The van der Waals surface area contributed by atoms with Crippen molar-refractivity contribution < 1.29 is 19.1 Å². The van der Waals surface area contributed by atoms with Gasteiger partial charge in [-0.2, -0.15) is 0 Å². The van der Waals surface area contributed by atoms with Gasteiger partial charge in [0.2, 0.25) is 0 Å². The lowest BCUT2D eigenvalue weighted by Crippen LogP contribution is -2.41. The van der Waals surface area contributed by atoms with Gasteiger partial charge in [-0.25, -0.2) is 14.6 Å². The molecule has 0 aliphatic carbocycles. The van der Waals surface area contributed by atoms with E-state index in [2.05, 4.69) is 9.97 Å². The fraction of sp³-hybridized carbons (Fsp3) is 0.579. The van der Waals surface area contributed by atoms with Crippen molar-refractivity contribution >= 4 is 17.7 Å². The van der Waals surface area contributed by atoms with Crippen LogP contribution in [0.2, 0.25) is 0 Å². The van der Waals surface area contributed by atoms with Gasteiger partial charge in [0, 0.05) is 30.8 Å². The van der Waals surface area contributed by atoms with Crippen molar-refractivity contribution in [1.82, 2.24) is 19.3 Å². The Bertz CT molecular complexity index is 932. The average molecular weight is 390 g/mol. The summed E-state index contributed by atoms with van der Waals surface area (Å²) in [7, 11) is 0. The number of likely N-dealkylation sites (tertiary alicyclic amines) is 1. The second kappa shape index (κ2) is 7.65. The van der Waals surface area contributed by atoms with E-state index in [1.54, 1.807) is 16.2 Å².